The second kappa shape index (κ2) is 14.6. The summed E-state index contributed by atoms with van der Waals surface area (Å²) in [6.07, 6.45) is -0.993. The molecule has 2 amide bonds. The Morgan fingerprint density at radius 1 is 0.840 bits per heavy atom. The van der Waals surface area contributed by atoms with Gasteiger partial charge in [0.1, 0.15) is 6.61 Å². The average molecular weight is 709 g/mol. The number of ether oxygens (including phenoxy) is 1. The van der Waals surface area contributed by atoms with Crippen LogP contribution in [0.1, 0.15) is 23.7 Å². The van der Waals surface area contributed by atoms with Gasteiger partial charge in [0.2, 0.25) is 0 Å². The summed E-state index contributed by atoms with van der Waals surface area (Å²) in [6.45, 7) is 5.99. The molecular formula is C39H41N2O7PSi. The molecular weight excluding hydrogens is 667 g/mol. The third kappa shape index (κ3) is 7.24. The maximum absolute atomic E-state index is 14.1. The van der Waals surface area contributed by atoms with Gasteiger partial charge < -0.3 is 14.0 Å². The third-order valence-electron chi connectivity index (χ3n) is 8.90. The largest absolute Gasteiger partial charge is 0.447 e. The number of anilines is 1. The summed E-state index contributed by atoms with van der Waals surface area (Å²) in [5, 5.41) is 3.93. The number of Topliss-reactive ketones (excluding diaryl/α,β-unsaturated/α-hetero) is 1. The van der Waals surface area contributed by atoms with Gasteiger partial charge in [-0.25, -0.2) is 9.59 Å². The lowest BCUT2D eigenvalue weighted by Crippen LogP contribution is -2.65. The molecule has 258 valence electrons. The zero-order chi connectivity index (χ0) is 35.5. The lowest BCUT2D eigenvalue weighted by atomic mass is 9.81. The molecule has 4 aromatic carbocycles. The van der Waals surface area contributed by atoms with Crippen molar-refractivity contribution in [1.82, 2.24) is 5.06 Å². The molecule has 6 rings (SSSR count). The van der Waals surface area contributed by atoms with E-state index >= 15 is 0 Å². The fourth-order valence-corrected chi connectivity index (χ4v) is 11.6. The first-order valence-electron chi connectivity index (χ1n) is 16.7. The van der Waals surface area contributed by atoms with Crippen LogP contribution in [0.3, 0.4) is 0 Å². The van der Waals surface area contributed by atoms with Crippen molar-refractivity contribution in [2.75, 3.05) is 18.1 Å². The highest BCUT2D eigenvalue weighted by Gasteiger charge is 2.54. The molecule has 11 heteroatoms. The first-order chi connectivity index (χ1) is 24.0. The van der Waals surface area contributed by atoms with Crippen LogP contribution in [0, 0.1) is 5.92 Å². The Morgan fingerprint density at radius 3 is 1.82 bits per heavy atom. The van der Waals surface area contributed by atoms with Gasteiger partial charge in [0, 0.05) is 23.5 Å². The topological polar surface area (TPSA) is 102 Å². The van der Waals surface area contributed by atoms with Gasteiger partial charge in [-0.2, -0.15) is 5.06 Å². The Hall–Kier alpha value is -4.76. The Labute approximate surface area is 293 Å². The summed E-state index contributed by atoms with van der Waals surface area (Å²) in [5.41, 5.74) is 1.05. The quantitative estimate of drug-likeness (QED) is 0.0825. The number of amides is 2. The van der Waals surface area contributed by atoms with E-state index in [1.165, 1.54) is 4.90 Å². The molecule has 0 unspecified atom stereocenters. The fraction of sp³-hybridized carbons (Fsp3) is 0.256. The zero-order valence-corrected chi connectivity index (χ0v) is 30.5. The first-order valence-corrected chi connectivity index (χ1v) is 22.0. The molecule has 0 spiro atoms. The van der Waals surface area contributed by atoms with Crippen LogP contribution in [0.2, 0.25) is 19.6 Å². The van der Waals surface area contributed by atoms with Crippen molar-refractivity contribution in [2.45, 2.75) is 45.1 Å². The molecule has 2 fully saturated rings. The lowest BCUT2D eigenvalue weighted by molar-refractivity contribution is -0.239. The van der Waals surface area contributed by atoms with E-state index in [-0.39, 0.29) is 12.2 Å². The molecule has 0 radical (unpaired) electrons. The smallest absolute Gasteiger partial charge is 0.414 e. The van der Waals surface area contributed by atoms with Crippen molar-refractivity contribution in [3.63, 3.8) is 0 Å². The minimum absolute atomic E-state index is 0.0788. The average Bonchev–Trinajstić information content (AvgIpc) is 3.55. The number of hydroxylamine groups is 2. The Morgan fingerprint density at radius 2 is 1.36 bits per heavy atom. The van der Waals surface area contributed by atoms with Crippen molar-refractivity contribution < 1.29 is 33.2 Å². The second-order valence-electron chi connectivity index (χ2n) is 13.4. The number of hydrogen-bond donors (Lipinski definition) is 0. The maximum atomic E-state index is 14.1. The molecule has 0 saturated carbocycles. The number of β-lactam (4-membered cyclic amide) rings is 1. The van der Waals surface area contributed by atoms with E-state index in [0.29, 0.717) is 24.4 Å². The number of cyclic esters (lactones) is 1. The first kappa shape index (κ1) is 35.1. The monoisotopic (exact) mass is 708 g/mol. The number of benzene rings is 4. The van der Waals surface area contributed by atoms with Crippen LogP contribution in [-0.4, -0.2) is 68.2 Å². The third-order valence-corrected chi connectivity index (χ3v) is 13.9. The molecule has 0 aromatic heterocycles. The molecule has 0 N–H and O–H groups in total. The molecule has 4 aromatic rings. The fourth-order valence-electron chi connectivity index (χ4n) is 6.71. The predicted molar refractivity (Wildman–Crippen MR) is 199 cm³/mol. The van der Waals surface area contributed by atoms with Gasteiger partial charge in [-0.1, -0.05) is 91.0 Å². The normalized spacial score (nSPS) is 18.2. The van der Waals surface area contributed by atoms with Gasteiger partial charge >= 0.3 is 12.1 Å². The van der Waals surface area contributed by atoms with Crippen molar-refractivity contribution in [2.24, 2.45) is 5.92 Å². The van der Waals surface area contributed by atoms with Crippen LogP contribution in [0.25, 0.3) is 0 Å². The highest BCUT2D eigenvalue weighted by Crippen LogP contribution is 2.44. The summed E-state index contributed by atoms with van der Waals surface area (Å²) in [5.74, 6) is -0.362. The van der Waals surface area contributed by atoms with E-state index in [1.54, 1.807) is 30.1 Å². The van der Waals surface area contributed by atoms with Crippen molar-refractivity contribution >= 4 is 66.4 Å². The van der Waals surface area contributed by atoms with Crippen LogP contribution < -0.4 is 20.8 Å². The molecule has 2 aliphatic rings. The van der Waals surface area contributed by atoms with Crippen molar-refractivity contribution in [1.29, 1.82) is 0 Å². The molecule has 2 heterocycles. The molecule has 0 bridgehead atoms. The molecule has 0 aliphatic carbocycles. The summed E-state index contributed by atoms with van der Waals surface area (Å²) < 4.78 is 11.3. The number of carbonyl (C=O) groups is 4. The molecule has 50 heavy (non-hydrogen) atoms. The van der Waals surface area contributed by atoms with Crippen LogP contribution in [0.5, 0.6) is 0 Å². The van der Waals surface area contributed by atoms with Crippen molar-refractivity contribution in [3.05, 3.63) is 121 Å². The van der Waals surface area contributed by atoms with Crippen molar-refractivity contribution in [3.8, 4) is 0 Å². The highest BCUT2D eigenvalue weighted by molar-refractivity contribution is 7.95. The van der Waals surface area contributed by atoms with Crippen LogP contribution in [-0.2, 0) is 23.6 Å². The van der Waals surface area contributed by atoms with Gasteiger partial charge in [0.15, 0.2) is 14.1 Å². The molecule has 2 aliphatic heterocycles. The van der Waals surface area contributed by atoms with Crippen LogP contribution in [0.4, 0.5) is 10.5 Å². The maximum Gasteiger partial charge on any atom is 0.414 e. The number of rotatable bonds is 12. The van der Waals surface area contributed by atoms with E-state index in [0.717, 1.165) is 21.0 Å². The Kier molecular flexibility index (Phi) is 10.2. The van der Waals surface area contributed by atoms with E-state index in [1.807, 2.05) is 118 Å². The Balaban J connectivity index is 1.33. The SMILES string of the molecule is C[C@@H](O[Si](C)(C)C)[C@H]1C(=O)N(OC(=O)C=P(c2ccccc2)(c2ccccc2)c2ccccc2)[C@@H]1CC(=O)c1ccc(N2CCOC2=O)cc1. The van der Waals surface area contributed by atoms with E-state index in [2.05, 4.69) is 0 Å². The predicted octanol–water partition coefficient (Wildman–Crippen LogP) is 5.54. The van der Waals surface area contributed by atoms with Gasteiger partial charge in [-0.05, 0) is 73.6 Å². The summed E-state index contributed by atoms with van der Waals surface area (Å²) >= 11 is 0. The zero-order valence-electron chi connectivity index (χ0n) is 28.6. The number of carbonyl (C=O) groups excluding carboxylic acids is 4. The molecule has 9 nitrogen and oxygen atoms in total. The number of nitrogens with zero attached hydrogens (tertiary/aromatic N) is 2. The van der Waals surface area contributed by atoms with E-state index in [4.69, 9.17) is 14.0 Å². The highest BCUT2D eigenvalue weighted by atomic mass is 31.2. The van der Waals surface area contributed by atoms with Crippen LogP contribution >= 0.6 is 6.89 Å². The minimum Gasteiger partial charge on any atom is -0.447 e. The van der Waals surface area contributed by atoms with E-state index < -0.39 is 51.2 Å². The van der Waals surface area contributed by atoms with Gasteiger partial charge in [-0.15, -0.1) is 0 Å². The lowest BCUT2D eigenvalue weighted by Gasteiger charge is -2.47. The summed E-state index contributed by atoms with van der Waals surface area (Å²) in [6, 6.07) is 35.5. The van der Waals surface area contributed by atoms with Gasteiger partial charge in [-0.3, -0.25) is 14.5 Å². The summed E-state index contributed by atoms with van der Waals surface area (Å²) in [7, 11) is -2.06. The Bertz CT molecular complexity index is 1810. The minimum atomic E-state index is -2.71. The summed E-state index contributed by atoms with van der Waals surface area (Å²) in [4.78, 5) is 61.1. The molecule has 2 saturated heterocycles. The molecule has 3 atom stereocenters. The van der Waals surface area contributed by atoms with Gasteiger partial charge in [0.05, 0.1) is 24.6 Å². The standard InChI is InChI=1S/C39H41N2O7PSi/c1-28(48-50(2,3)4)37-34(26-35(42)29-20-22-30(23-21-29)40-24-25-46-39(40)45)41(38(37)44)47-36(43)27-49(31-14-8-5-9-15-31,32-16-10-6-11-17-32)33-18-12-7-13-19-33/h5-23,27-28,34,37H,24-26H2,1-4H3/t28-,34-,37-/m1/s1. The van der Waals surface area contributed by atoms with Crippen LogP contribution in [0.15, 0.2) is 115 Å². The number of hydrogen-bond acceptors (Lipinski definition) is 7. The van der Waals surface area contributed by atoms with E-state index in [9.17, 15) is 19.2 Å². The van der Waals surface area contributed by atoms with Gasteiger partial charge in [0.25, 0.3) is 5.91 Å². The second-order valence-corrected chi connectivity index (χ2v) is 21.1. The number of ketones is 1.